The summed E-state index contributed by atoms with van der Waals surface area (Å²) in [6.07, 6.45) is 2.30. The zero-order valence-corrected chi connectivity index (χ0v) is 10.8. The molecule has 0 aliphatic heterocycles. The van der Waals surface area contributed by atoms with Crippen molar-refractivity contribution in [2.75, 3.05) is 33.2 Å². The smallest absolute Gasteiger partial charge is 0.330 e. The van der Waals surface area contributed by atoms with Crippen LogP contribution < -0.4 is 0 Å². The molecule has 0 rings (SSSR count). The molecule has 1 N–H and O–H groups in total. The third kappa shape index (κ3) is 11.5. The lowest BCUT2D eigenvalue weighted by molar-refractivity contribution is -0.138. The number of rotatable bonds is 12. The lowest BCUT2D eigenvalue weighted by atomic mass is 10.6. The predicted molar refractivity (Wildman–Crippen MR) is 64.3 cm³/mol. The van der Waals surface area contributed by atoms with E-state index >= 15 is 0 Å². The van der Waals surface area contributed by atoms with Gasteiger partial charge >= 0.3 is 14.6 Å². The molecule has 0 fully saturated rings. The summed E-state index contributed by atoms with van der Waals surface area (Å²) in [6.45, 7) is 7.13. The Bertz CT molecular complexity index is 246. The van der Waals surface area contributed by atoms with Gasteiger partial charge in [0.25, 0.3) is 0 Å². The second kappa shape index (κ2) is 12.5. The van der Waals surface area contributed by atoms with E-state index in [-0.39, 0.29) is 33.2 Å². The number of ether oxygens (including phenoxy) is 3. The predicted octanol–water partition coefficient (Wildman–Crippen LogP) is 1.10. The van der Waals surface area contributed by atoms with Crippen LogP contribution in [0.25, 0.3) is 0 Å². The molecule has 1 atom stereocenters. The minimum atomic E-state index is -2.00. The third-order valence-corrected chi connectivity index (χ3v) is 2.20. The maximum absolute atomic E-state index is 10.6. The van der Waals surface area contributed by atoms with Crippen LogP contribution in [0.5, 0.6) is 0 Å². The fraction of sp³-hybridized carbons (Fsp3) is 0.500. The molecule has 7 nitrogen and oxygen atoms in total. The van der Waals surface area contributed by atoms with Crippen LogP contribution in [-0.2, 0) is 28.1 Å². The SMILES string of the molecule is C=COCOCCOP(O)OCCOC(=O)C=C. The first-order valence-corrected chi connectivity index (χ1v) is 6.18. The highest BCUT2D eigenvalue weighted by atomic mass is 31.2. The van der Waals surface area contributed by atoms with Crippen molar-refractivity contribution in [3.8, 4) is 0 Å². The molecule has 0 aromatic heterocycles. The highest BCUT2D eigenvalue weighted by molar-refractivity contribution is 7.40. The van der Waals surface area contributed by atoms with Crippen LogP contribution in [-0.4, -0.2) is 44.1 Å². The van der Waals surface area contributed by atoms with Crippen LogP contribution >= 0.6 is 8.60 Å². The molecule has 0 saturated heterocycles. The summed E-state index contributed by atoms with van der Waals surface area (Å²) in [7, 11) is -2.00. The van der Waals surface area contributed by atoms with Crippen molar-refractivity contribution in [1.29, 1.82) is 0 Å². The number of hydrogen-bond donors (Lipinski definition) is 1. The van der Waals surface area contributed by atoms with Gasteiger partial charge in [-0.3, -0.25) is 0 Å². The quantitative estimate of drug-likeness (QED) is 0.143. The molecule has 0 heterocycles. The van der Waals surface area contributed by atoms with Gasteiger partial charge < -0.3 is 28.2 Å². The van der Waals surface area contributed by atoms with Gasteiger partial charge in [-0.25, -0.2) is 4.79 Å². The van der Waals surface area contributed by atoms with Crippen molar-refractivity contribution < 1.29 is 32.9 Å². The Morgan fingerprint density at radius 1 is 1.17 bits per heavy atom. The molecule has 0 amide bonds. The Kier molecular flexibility index (Phi) is 11.8. The van der Waals surface area contributed by atoms with Crippen LogP contribution in [0.3, 0.4) is 0 Å². The first-order chi connectivity index (χ1) is 8.70. The van der Waals surface area contributed by atoms with Gasteiger partial charge in [-0.2, -0.15) is 0 Å². The van der Waals surface area contributed by atoms with Crippen molar-refractivity contribution in [2.24, 2.45) is 0 Å². The molecule has 0 bridgehead atoms. The number of esters is 1. The number of carbonyl (C=O) groups excluding carboxylic acids is 1. The summed E-state index contributed by atoms with van der Waals surface area (Å²) < 4.78 is 24.0. The van der Waals surface area contributed by atoms with Crippen molar-refractivity contribution >= 4 is 14.6 Å². The van der Waals surface area contributed by atoms with E-state index in [1.54, 1.807) is 0 Å². The first-order valence-electron chi connectivity index (χ1n) is 5.05. The fourth-order valence-electron chi connectivity index (χ4n) is 0.683. The lowest BCUT2D eigenvalue weighted by Gasteiger charge is -2.10. The van der Waals surface area contributed by atoms with Crippen LogP contribution in [0.1, 0.15) is 0 Å². The molecule has 0 aliphatic rings. The van der Waals surface area contributed by atoms with Crippen LogP contribution in [0.4, 0.5) is 0 Å². The zero-order valence-electron chi connectivity index (χ0n) is 9.95. The van der Waals surface area contributed by atoms with Crippen molar-refractivity contribution in [3.05, 3.63) is 25.5 Å². The van der Waals surface area contributed by atoms with Gasteiger partial charge in [0.1, 0.15) is 6.61 Å². The second-order valence-corrected chi connectivity index (χ2v) is 3.63. The molecular weight excluding hydrogens is 263 g/mol. The summed E-state index contributed by atoms with van der Waals surface area (Å²) in [5.41, 5.74) is 0. The van der Waals surface area contributed by atoms with Gasteiger partial charge in [-0.05, 0) is 0 Å². The molecule has 18 heavy (non-hydrogen) atoms. The largest absolute Gasteiger partial charge is 0.476 e. The molecule has 8 heteroatoms. The molecular formula is C10H17O7P. The highest BCUT2D eigenvalue weighted by Crippen LogP contribution is 2.31. The molecule has 0 aromatic rings. The van der Waals surface area contributed by atoms with Crippen molar-refractivity contribution in [1.82, 2.24) is 0 Å². The second-order valence-electron chi connectivity index (χ2n) is 2.64. The lowest BCUT2D eigenvalue weighted by Crippen LogP contribution is -2.08. The molecule has 104 valence electrons. The van der Waals surface area contributed by atoms with Gasteiger partial charge in [0.2, 0.25) is 0 Å². The average Bonchev–Trinajstić information content (AvgIpc) is 2.38. The minimum absolute atomic E-state index is 0.0251. The molecule has 0 aromatic carbocycles. The maximum atomic E-state index is 10.6. The molecule has 1 unspecified atom stereocenters. The molecule has 0 aliphatic carbocycles. The molecule has 0 spiro atoms. The zero-order chi connectivity index (χ0) is 13.6. The summed E-state index contributed by atoms with van der Waals surface area (Å²) >= 11 is 0. The Hall–Kier alpha value is -0.980. The van der Waals surface area contributed by atoms with E-state index in [1.807, 2.05) is 0 Å². The Morgan fingerprint density at radius 2 is 1.83 bits per heavy atom. The number of hydrogen-bond acceptors (Lipinski definition) is 7. The summed E-state index contributed by atoms with van der Waals surface area (Å²) in [5.74, 6) is -0.544. The van der Waals surface area contributed by atoms with Crippen molar-refractivity contribution in [3.63, 3.8) is 0 Å². The van der Waals surface area contributed by atoms with Gasteiger partial charge in [-0.1, -0.05) is 13.2 Å². The normalized spacial score (nSPS) is 11.6. The van der Waals surface area contributed by atoms with Crippen LogP contribution in [0.2, 0.25) is 0 Å². The van der Waals surface area contributed by atoms with Gasteiger partial charge in [0.05, 0.1) is 26.1 Å². The standard InChI is InChI=1S/C10H17O7P/c1-3-10(11)15-6-8-17-18(12)16-7-5-14-9-13-4-2/h3-4,12H,1-2,5-9H2. The van der Waals surface area contributed by atoms with Gasteiger partial charge in [-0.15, -0.1) is 0 Å². The fourth-order valence-corrected chi connectivity index (χ4v) is 1.22. The Morgan fingerprint density at radius 3 is 2.44 bits per heavy atom. The van der Waals surface area contributed by atoms with E-state index in [0.29, 0.717) is 0 Å². The van der Waals surface area contributed by atoms with E-state index in [9.17, 15) is 9.69 Å². The molecule has 0 radical (unpaired) electrons. The average molecular weight is 280 g/mol. The number of carbonyl (C=O) groups is 1. The monoisotopic (exact) mass is 280 g/mol. The topological polar surface area (TPSA) is 83.5 Å². The van der Waals surface area contributed by atoms with E-state index in [4.69, 9.17) is 18.5 Å². The Labute approximate surface area is 107 Å². The van der Waals surface area contributed by atoms with E-state index in [0.717, 1.165) is 6.08 Å². The van der Waals surface area contributed by atoms with Gasteiger partial charge in [0.15, 0.2) is 6.79 Å². The van der Waals surface area contributed by atoms with Gasteiger partial charge in [0, 0.05) is 6.08 Å². The van der Waals surface area contributed by atoms with E-state index < -0.39 is 14.6 Å². The minimum Gasteiger partial charge on any atom is -0.476 e. The van der Waals surface area contributed by atoms with Crippen molar-refractivity contribution in [2.45, 2.75) is 0 Å². The van der Waals surface area contributed by atoms with E-state index in [1.165, 1.54) is 6.26 Å². The van der Waals surface area contributed by atoms with Crippen LogP contribution in [0.15, 0.2) is 25.5 Å². The Balaban J connectivity index is 3.26. The molecule has 0 saturated carbocycles. The highest BCUT2D eigenvalue weighted by Gasteiger charge is 2.06. The van der Waals surface area contributed by atoms with E-state index in [2.05, 4.69) is 17.9 Å². The first kappa shape index (κ1) is 17.0. The van der Waals surface area contributed by atoms with Crippen LogP contribution in [0, 0.1) is 0 Å². The third-order valence-electron chi connectivity index (χ3n) is 1.39. The maximum Gasteiger partial charge on any atom is 0.330 e. The summed E-state index contributed by atoms with van der Waals surface area (Å²) in [6, 6.07) is 0. The summed E-state index contributed by atoms with van der Waals surface area (Å²) in [4.78, 5) is 19.9. The summed E-state index contributed by atoms with van der Waals surface area (Å²) in [5, 5.41) is 0.